The Morgan fingerprint density at radius 3 is 2.35 bits per heavy atom. The second-order valence-electron chi connectivity index (χ2n) is 5.80. The zero-order chi connectivity index (χ0) is 18.6. The number of hydrogen-bond acceptors (Lipinski definition) is 6. The van der Waals surface area contributed by atoms with Crippen LogP contribution in [0.3, 0.4) is 0 Å². The fourth-order valence-corrected chi connectivity index (χ4v) is 2.53. The molecular weight excluding hydrogens is 348 g/mol. The minimum atomic E-state index is -0.605. The maximum atomic E-state index is 12.5. The summed E-state index contributed by atoms with van der Waals surface area (Å²) < 4.78 is 5.35. The molecule has 0 aliphatic heterocycles. The molecule has 0 spiro atoms. The Morgan fingerprint density at radius 1 is 1.04 bits per heavy atom. The highest BCUT2D eigenvalue weighted by Crippen LogP contribution is 2.08. The van der Waals surface area contributed by atoms with Crippen molar-refractivity contribution in [1.29, 1.82) is 0 Å². The average molecular weight is 372 g/mol. The first kappa shape index (κ1) is 20.2. The number of unbranched alkanes of at least 4 members (excludes halogenated alkanes) is 1. The topological polar surface area (TPSA) is 73.6 Å². The minimum absolute atomic E-state index is 0.157. The number of carbonyl (C=O) groups excluding carboxylic acids is 1. The van der Waals surface area contributed by atoms with Crippen molar-refractivity contribution in [3.05, 3.63) is 71.8 Å². The maximum Gasteiger partial charge on any atom is 0.331 e. The summed E-state index contributed by atoms with van der Waals surface area (Å²) in [5.74, 6) is -0.455. The fourth-order valence-electron chi connectivity index (χ4n) is 2.31. The van der Waals surface area contributed by atoms with Gasteiger partial charge in [-0.1, -0.05) is 60.7 Å². The highest BCUT2D eigenvalue weighted by atomic mass is 32.1. The smallest absolute Gasteiger partial charge is 0.331 e. The molecule has 0 saturated carbocycles. The van der Waals surface area contributed by atoms with Crippen molar-refractivity contribution in [1.82, 2.24) is 5.48 Å². The van der Waals surface area contributed by atoms with Crippen LogP contribution in [0.1, 0.15) is 30.4 Å². The van der Waals surface area contributed by atoms with Crippen LogP contribution >= 0.6 is 12.2 Å². The van der Waals surface area contributed by atoms with Gasteiger partial charge < -0.3 is 10.5 Å². The van der Waals surface area contributed by atoms with Gasteiger partial charge in [0.05, 0.1) is 6.61 Å². The number of esters is 1. The number of ether oxygens (including phenoxy) is 1. The van der Waals surface area contributed by atoms with E-state index < -0.39 is 12.0 Å². The first-order valence-electron chi connectivity index (χ1n) is 8.63. The molecular formula is C20H24N2O3S. The van der Waals surface area contributed by atoms with Gasteiger partial charge in [-0.15, -0.1) is 0 Å². The third-order valence-corrected chi connectivity index (χ3v) is 4.06. The lowest BCUT2D eigenvalue weighted by molar-refractivity contribution is -0.143. The molecule has 5 nitrogen and oxygen atoms in total. The molecule has 0 saturated heterocycles. The molecule has 2 rings (SSSR count). The quantitative estimate of drug-likeness (QED) is 0.289. The molecule has 6 heteroatoms. The van der Waals surface area contributed by atoms with Crippen molar-refractivity contribution in [2.75, 3.05) is 6.54 Å². The van der Waals surface area contributed by atoms with Crippen molar-refractivity contribution < 1.29 is 14.4 Å². The van der Waals surface area contributed by atoms with E-state index in [9.17, 15) is 4.79 Å². The molecule has 0 unspecified atom stereocenters. The lowest BCUT2D eigenvalue weighted by Gasteiger charge is -2.17. The molecule has 0 aromatic heterocycles. The van der Waals surface area contributed by atoms with Gasteiger partial charge in [-0.05, 0) is 43.6 Å². The van der Waals surface area contributed by atoms with Crippen molar-refractivity contribution in [2.45, 2.75) is 31.9 Å². The molecule has 3 N–H and O–H groups in total. The second-order valence-corrected chi connectivity index (χ2v) is 6.17. The second kappa shape index (κ2) is 11.5. The molecule has 2 aromatic rings. The summed E-state index contributed by atoms with van der Waals surface area (Å²) in [6.07, 6.45) is 2.17. The monoisotopic (exact) mass is 372 g/mol. The Hall–Kier alpha value is -2.12. The van der Waals surface area contributed by atoms with Gasteiger partial charge in [0.2, 0.25) is 5.05 Å². The summed E-state index contributed by atoms with van der Waals surface area (Å²) in [5, 5.41) is 0.157. The van der Waals surface area contributed by atoms with E-state index >= 15 is 0 Å². The zero-order valence-corrected chi connectivity index (χ0v) is 15.4. The van der Waals surface area contributed by atoms with Gasteiger partial charge in [0.25, 0.3) is 0 Å². The van der Waals surface area contributed by atoms with E-state index in [1.807, 2.05) is 48.5 Å². The number of benzene rings is 2. The molecule has 0 heterocycles. The Labute approximate surface area is 159 Å². The summed E-state index contributed by atoms with van der Waals surface area (Å²) in [7, 11) is 0. The largest absolute Gasteiger partial charge is 0.413 e. The molecule has 0 bridgehead atoms. The van der Waals surface area contributed by atoms with E-state index in [0.717, 1.165) is 18.4 Å². The SMILES string of the molecule is NCCCC[C@H](NOCc1ccccc1)C(=O)OC(=S)c1ccccc1. The van der Waals surface area contributed by atoms with Crippen LogP contribution in [0.5, 0.6) is 0 Å². The van der Waals surface area contributed by atoms with E-state index in [-0.39, 0.29) is 5.05 Å². The van der Waals surface area contributed by atoms with Crippen LogP contribution in [0.25, 0.3) is 0 Å². The Bertz CT molecular complexity index is 680. The predicted molar refractivity (Wildman–Crippen MR) is 105 cm³/mol. The Balaban J connectivity index is 1.89. The van der Waals surface area contributed by atoms with Crippen LogP contribution in [0.4, 0.5) is 0 Å². The van der Waals surface area contributed by atoms with Crippen LogP contribution < -0.4 is 11.2 Å². The van der Waals surface area contributed by atoms with Crippen LogP contribution in [0, 0.1) is 0 Å². The Morgan fingerprint density at radius 2 is 1.69 bits per heavy atom. The van der Waals surface area contributed by atoms with E-state index in [2.05, 4.69) is 5.48 Å². The van der Waals surface area contributed by atoms with Gasteiger partial charge in [-0.3, -0.25) is 4.84 Å². The van der Waals surface area contributed by atoms with Crippen molar-refractivity contribution >= 4 is 23.2 Å². The number of nitrogens with one attached hydrogen (secondary N) is 1. The summed E-state index contributed by atoms with van der Waals surface area (Å²) >= 11 is 5.21. The van der Waals surface area contributed by atoms with Gasteiger partial charge in [0.1, 0.15) is 6.04 Å². The number of hydroxylamine groups is 1. The molecule has 0 radical (unpaired) electrons. The third-order valence-electron chi connectivity index (χ3n) is 3.74. The summed E-state index contributed by atoms with van der Waals surface area (Å²) in [6, 6.07) is 18.3. The molecule has 1 atom stereocenters. The van der Waals surface area contributed by atoms with Crippen molar-refractivity contribution in [3.63, 3.8) is 0 Å². The van der Waals surface area contributed by atoms with E-state index in [4.69, 9.17) is 27.5 Å². The van der Waals surface area contributed by atoms with Gasteiger partial charge in [-0.25, -0.2) is 4.79 Å². The number of nitrogens with two attached hydrogens (primary N) is 1. The molecule has 0 amide bonds. The highest BCUT2D eigenvalue weighted by molar-refractivity contribution is 7.80. The predicted octanol–water partition coefficient (Wildman–Crippen LogP) is 3.12. The summed E-state index contributed by atoms with van der Waals surface area (Å²) in [6.45, 7) is 0.930. The number of thiocarbonyl (C=S) groups is 1. The Kier molecular flexibility index (Phi) is 8.92. The summed E-state index contributed by atoms with van der Waals surface area (Å²) in [5.41, 5.74) is 10.0. The zero-order valence-electron chi connectivity index (χ0n) is 14.6. The maximum absolute atomic E-state index is 12.5. The van der Waals surface area contributed by atoms with E-state index in [0.29, 0.717) is 25.1 Å². The van der Waals surface area contributed by atoms with E-state index in [1.165, 1.54) is 0 Å². The normalized spacial score (nSPS) is 11.7. The van der Waals surface area contributed by atoms with Crippen LogP contribution in [0.15, 0.2) is 60.7 Å². The van der Waals surface area contributed by atoms with E-state index in [1.54, 1.807) is 12.1 Å². The molecule has 138 valence electrons. The van der Waals surface area contributed by atoms with Crippen molar-refractivity contribution in [2.24, 2.45) is 5.73 Å². The van der Waals surface area contributed by atoms with Crippen LogP contribution in [-0.2, 0) is 21.0 Å². The molecule has 0 aliphatic carbocycles. The number of rotatable bonds is 10. The third kappa shape index (κ3) is 7.01. The molecule has 0 aliphatic rings. The van der Waals surface area contributed by atoms with Gasteiger partial charge in [0, 0.05) is 5.56 Å². The van der Waals surface area contributed by atoms with Gasteiger partial charge >= 0.3 is 5.97 Å². The molecule has 0 fully saturated rings. The van der Waals surface area contributed by atoms with Crippen LogP contribution in [-0.4, -0.2) is 23.6 Å². The highest BCUT2D eigenvalue weighted by Gasteiger charge is 2.22. The van der Waals surface area contributed by atoms with Crippen LogP contribution in [0.2, 0.25) is 0 Å². The number of hydrogen-bond donors (Lipinski definition) is 2. The van der Waals surface area contributed by atoms with Crippen molar-refractivity contribution in [3.8, 4) is 0 Å². The lowest BCUT2D eigenvalue weighted by atomic mass is 10.1. The lowest BCUT2D eigenvalue weighted by Crippen LogP contribution is -2.39. The first-order valence-corrected chi connectivity index (χ1v) is 9.04. The van der Waals surface area contributed by atoms with Gasteiger partial charge in [0.15, 0.2) is 0 Å². The molecule has 2 aromatic carbocycles. The minimum Gasteiger partial charge on any atom is -0.413 e. The summed E-state index contributed by atoms with van der Waals surface area (Å²) in [4.78, 5) is 18.0. The standard InChI is InChI=1S/C20H24N2O3S/c21-14-8-7-13-18(22-24-15-16-9-3-1-4-10-16)19(23)25-20(26)17-11-5-2-6-12-17/h1-6,9-12,18,22H,7-8,13-15,21H2/t18-/m0/s1. The van der Waals surface area contributed by atoms with Gasteiger partial charge in [-0.2, -0.15) is 5.48 Å². The fraction of sp³-hybridized carbons (Fsp3) is 0.300. The first-order chi connectivity index (χ1) is 12.7. The molecule has 26 heavy (non-hydrogen) atoms. The number of carbonyl (C=O) groups is 1. The average Bonchev–Trinajstić information content (AvgIpc) is 2.68.